The van der Waals surface area contributed by atoms with E-state index in [2.05, 4.69) is 10.0 Å². The Morgan fingerprint density at radius 1 is 0.903 bits per heavy atom. The molecule has 6 nitrogen and oxygen atoms in total. The molecule has 3 rings (SSSR count). The smallest absolute Gasteiger partial charge is 0.241 e. The summed E-state index contributed by atoms with van der Waals surface area (Å²) >= 11 is 0. The van der Waals surface area contributed by atoms with Crippen molar-refractivity contribution in [3.8, 4) is 5.75 Å². The summed E-state index contributed by atoms with van der Waals surface area (Å²) in [5.41, 5.74) is 2.70. The molecule has 0 fully saturated rings. The molecule has 0 aliphatic carbocycles. The van der Waals surface area contributed by atoms with Crippen molar-refractivity contribution in [2.24, 2.45) is 0 Å². The molecular weight excluding hydrogens is 412 g/mol. The number of aryl methyl sites for hydroxylation is 1. The van der Waals surface area contributed by atoms with Crippen molar-refractivity contribution in [2.45, 2.75) is 30.8 Å². The molecule has 0 heterocycles. The lowest BCUT2D eigenvalue weighted by molar-refractivity contribution is -0.122. The highest BCUT2D eigenvalue weighted by molar-refractivity contribution is 7.89. The summed E-state index contributed by atoms with van der Waals surface area (Å²) in [6, 6.07) is 22.2. The molecule has 7 heteroatoms. The average molecular weight is 439 g/mol. The minimum atomic E-state index is -3.86. The molecule has 2 N–H and O–H groups in total. The molecule has 1 atom stereocenters. The summed E-state index contributed by atoms with van der Waals surface area (Å²) in [5, 5.41) is 2.83. The fraction of sp³-hybridized carbons (Fsp3) is 0.208. The fourth-order valence-corrected chi connectivity index (χ4v) is 4.26. The molecule has 3 aromatic carbocycles. The molecule has 0 aliphatic heterocycles. The molecule has 0 aliphatic rings. The summed E-state index contributed by atoms with van der Waals surface area (Å²) in [4.78, 5) is 13.1. The van der Waals surface area contributed by atoms with Crippen LogP contribution in [-0.4, -0.2) is 27.5 Å². The summed E-state index contributed by atoms with van der Waals surface area (Å²) < 4.78 is 33.5. The van der Waals surface area contributed by atoms with Gasteiger partial charge in [0.1, 0.15) is 11.8 Å². The molecule has 31 heavy (non-hydrogen) atoms. The van der Waals surface area contributed by atoms with Crippen molar-refractivity contribution in [1.82, 2.24) is 10.0 Å². The van der Waals surface area contributed by atoms with Crippen molar-refractivity contribution in [3.63, 3.8) is 0 Å². The monoisotopic (exact) mass is 438 g/mol. The van der Waals surface area contributed by atoms with E-state index in [4.69, 9.17) is 4.74 Å². The number of hydrogen-bond donors (Lipinski definition) is 2. The van der Waals surface area contributed by atoms with E-state index in [1.54, 1.807) is 19.2 Å². The van der Waals surface area contributed by atoms with Gasteiger partial charge in [-0.3, -0.25) is 4.79 Å². The standard InChI is InChI=1S/C24H26N2O4S/c1-18-8-14-22(15-9-18)31(28,29)26-23(16-19-6-4-3-5-7-19)24(27)25-17-20-10-12-21(30-2)13-11-20/h3-15,23,26H,16-17H2,1-2H3,(H,25,27)/t23-/m0/s1. The van der Waals surface area contributed by atoms with Gasteiger partial charge in [0.05, 0.1) is 12.0 Å². The van der Waals surface area contributed by atoms with Gasteiger partial charge in [-0.1, -0.05) is 60.2 Å². The van der Waals surface area contributed by atoms with Crippen LogP contribution in [0.4, 0.5) is 0 Å². The molecule has 0 bridgehead atoms. The van der Waals surface area contributed by atoms with E-state index in [1.807, 2.05) is 61.5 Å². The van der Waals surface area contributed by atoms with Gasteiger partial charge < -0.3 is 10.1 Å². The Kier molecular flexibility index (Phi) is 7.44. The molecule has 1 amide bonds. The highest BCUT2D eigenvalue weighted by Gasteiger charge is 2.26. The Morgan fingerprint density at radius 3 is 2.16 bits per heavy atom. The summed E-state index contributed by atoms with van der Waals surface area (Å²) in [6.07, 6.45) is 0.236. The maximum absolute atomic E-state index is 12.9. The molecule has 0 radical (unpaired) electrons. The zero-order valence-corrected chi connectivity index (χ0v) is 18.4. The van der Waals surface area contributed by atoms with Gasteiger partial charge in [0, 0.05) is 6.54 Å². The zero-order chi connectivity index (χ0) is 22.3. The van der Waals surface area contributed by atoms with Crippen LogP contribution in [0.15, 0.2) is 83.8 Å². The van der Waals surface area contributed by atoms with Crippen LogP contribution in [0.2, 0.25) is 0 Å². The minimum absolute atomic E-state index is 0.124. The van der Waals surface area contributed by atoms with Crippen LogP contribution in [0.5, 0.6) is 5.75 Å². The quantitative estimate of drug-likeness (QED) is 0.537. The van der Waals surface area contributed by atoms with Crippen molar-refractivity contribution < 1.29 is 17.9 Å². The number of nitrogens with one attached hydrogen (secondary N) is 2. The lowest BCUT2D eigenvalue weighted by atomic mass is 10.1. The third kappa shape index (κ3) is 6.41. The second kappa shape index (κ2) is 10.2. The third-order valence-corrected chi connectivity index (χ3v) is 6.34. The number of rotatable bonds is 9. The fourth-order valence-electron chi connectivity index (χ4n) is 3.07. The summed E-state index contributed by atoms with van der Waals surface area (Å²) in [7, 11) is -2.27. The van der Waals surface area contributed by atoms with E-state index in [0.717, 1.165) is 22.4 Å². The normalized spacial score (nSPS) is 12.2. The van der Waals surface area contributed by atoms with Gasteiger partial charge in [0.15, 0.2) is 0 Å². The molecule has 3 aromatic rings. The van der Waals surface area contributed by atoms with Crippen LogP contribution in [0.3, 0.4) is 0 Å². The number of methoxy groups -OCH3 is 1. The number of sulfonamides is 1. The van der Waals surface area contributed by atoms with E-state index < -0.39 is 22.0 Å². The van der Waals surface area contributed by atoms with Gasteiger partial charge in [-0.2, -0.15) is 4.72 Å². The van der Waals surface area contributed by atoms with Gasteiger partial charge in [-0.05, 0) is 48.7 Å². The van der Waals surface area contributed by atoms with E-state index in [0.29, 0.717) is 0 Å². The van der Waals surface area contributed by atoms with E-state index in [9.17, 15) is 13.2 Å². The number of hydrogen-bond acceptors (Lipinski definition) is 4. The molecule has 0 unspecified atom stereocenters. The summed E-state index contributed by atoms with van der Waals surface area (Å²) in [6.45, 7) is 2.16. The van der Waals surface area contributed by atoms with Crippen molar-refractivity contribution >= 4 is 15.9 Å². The van der Waals surface area contributed by atoms with Crippen LogP contribution in [-0.2, 0) is 27.8 Å². The Morgan fingerprint density at radius 2 is 1.55 bits per heavy atom. The number of benzene rings is 3. The van der Waals surface area contributed by atoms with E-state index in [1.165, 1.54) is 12.1 Å². The second-order valence-electron chi connectivity index (χ2n) is 7.24. The Labute approximate surface area is 183 Å². The lowest BCUT2D eigenvalue weighted by Gasteiger charge is -2.19. The van der Waals surface area contributed by atoms with Crippen LogP contribution < -0.4 is 14.8 Å². The first kappa shape index (κ1) is 22.5. The van der Waals surface area contributed by atoms with E-state index >= 15 is 0 Å². The van der Waals surface area contributed by atoms with Crippen LogP contribution in [0, 0.1) is 6.92 Å². The Balaban J connectivity index is 1.76. The van der Waals surface area contributed by atoms with Crippen LogP contribution in [0.1, 0.15) is 16.7 Å². The SMILES string of the molecule is COc1ccc(CNC(=O)[C@H](Cc2ccccc2)NS(=O)(=O)c2ccc(C)cc2)cc1. The van der Waals surface area contributed by atoms with Crippen LogP contribution in [0.25, 0.3) is 0 Å². The van der Waals surface area contributed by atoms with Crippen LogP contribution >= 0.6 is 0 Å². The Bertz CT molecular complexity index is 1100. The van der Waals surface area contributed by atoms with Crippen molar-refractivity contribution in [1.29, 1.82) is 0 Å². The number of carbonyl (C=O) groups is 1. The van der Waals surface area contributed by atoms with Gasteiger partial charge in [-0.25, -0.2) is 8.42 Å². The number of ether oxygens (including phenoxy) is 1. The maximum atomic E-state index is 12.9. The largest absolute Gasteiger partial charge is 0.497 e. The number of carbonyl (C=O) groups excluding carboxylic acids is 1. The maximum Gasteiger partial charge on any atom is 0.241 e. The minimum Gasteiger partial charge on any atom is -0.497 e. The lowest BCUT2D eigenvalue weighted by Crippen LogP contribution is -2.47. The average Bonchev–Trinajstić information content (AvgIpc) is 2.78. The molecule has 162 valence electrons. The van der Waals surface area contributed by atoms with E-state index in [-0.39, 0.29) is 17.9 Å². The molecule has 0 spiro atoms. The highest BCUT2D eigenvalue weighted by atomic mass is 32.2. The zero-order valence-electron chi connectivity index (χ0n) is 17.5. The third-order valence-electron chi connectivity index (χ3n) is 4.85. The van der Waals surface area contributed by atoms with Crippen molar-refractivity contribution in [2.75, 3.05) is 7.11 Å². The molecule has 0 saturated carbocycles. The molecule has 0 saturated heterocycles. The molecule has 0 aromatic heterocycles. The molecular formula is C24H26N2O4S. The summed E-state index contributed by atoms with van der Waals surface area (Å²) in [5.74, 6) is 0.332. The first-order chi connectivity index (χ1) is 14.9. The highest BCUT2D eigenvalue weighted by Crippen LogP contribution is 2.14. The van der Waals surface area contributed by atoms with Crippen molar-refractivity contribution in [3.05, 3.63) is 95.6 Å². The predicted octanol–water partition coefficient (Wildman–Crippen LogP) is 3.21. The van der Waals surface area contributed by atoms with Gasteiger partial charge in [0.25, 0.3) is 0 Å². The first-order valence-electron chi connectivity index (χ1n) is 9.91. The predicted molar refractivity (Wildman–Crippen MR) is 120 cm³/mol. The van der Waals surface area contributed by atoms with Gasteiger partial charge in [-0.15, -0.1) is 0 Å². The Hall–Kier alpha value is -3.16. The first-order valence-corrected chi connectivity index (χ1v) is 11.4. The number of amides is 1. The topological polar surface area (TPSA) is 84.5 Å². The van der Waals surface area contributed by atoms with Gasteiger partial charge >= 0.3 is 0 Å². The second-order valence-corrected chi connectivity index (χ2v) is 8.96. The van der Waals surface area contributed by atoms with Gasteiger partial charge in [0.2, 0.25) is 15.9 Å².